The fraction of sp³-hybridized carbons (Fsp3) is 0.857. The average molecular weight is 612 g/mol. The van der Waals surface area contributed by atoms with Crippen LogP contribution in [0.2, 0.25) is 0 Å². The molecule has 2 rings (SSSR count). The lowest BCUT2D eigenvalue weighted by molar-refractivity contribution is -0.394. The van der Waals surface area contributed by atoms with Crippen molar-refractivity contribution in [3.63, 3.8) is 0 Å². The zero-order chi connectivity index (χ0) is 30.2. The predicted molar refractivity (Wildman–Crippen MR) is 111 cm³/mol. The minimum atomic E-state index is -6.45. The normalized spacial score (nSPS) is 25.6. The summed E-state index contributed by atoms with van der Waals surface area (Å²) in [4.78, 5) is 12.4. The number of hydrogen-bond donors (Lipinski definition) is 2. The Labute approximate surface area is 216 Å². The van der Waals surface area contributed by atoms with Crippen LogP contribution in [-0.4, -0.2) is 72.5 Å². The molecule has 0 aromatic heterocycles. The third kappa shape index (κ3) is 6.64. The molecule has 2 N–H and O–H groups in total. The van der Waals surface area contributed by atoms with Crippen molar-refractivity contribution >= 4 is 16.1 Å². The zero-order valence-corrected chi connectivity index (χ0v) is 20.8. The molecule has 18 heteroatoms. The highest BCUT2D eigenvalue weighted by atomic mass is 32.2. The van der Waals surface area contributed by atoms with Crippen LogP contribution in [0.5, 0.6) is 0 Å². The summed E-state index contributed by atoms with van der Waals surface area (Å²) in [5, 5.41) is 4.12. The topological polar surface area (TPSA) is 110 Å². The van der Waals surface area contributed by atoms with Crippen molar-refractivity contribution in [3.8, 4) is 0 Å². The van der Waals surface area contributed by atoms with Crippen LogP contribution in [0.15, 0.2) is 12.2 Å². The van der Waals surface area contributed by atoms with Gasteiger partial charge in [0, 0.05) is 12.3 Å². The molecule has 0 radical (unpaired) electrons. The quantitative estimate of drug-likeness (QED) is 0.117. The SMILES string of the molecule is C=C(COCCC(F)(F)C(F)(F)S(=O)(=O)O)C(=O)OC1CCCC2C1CCCC2C(O)(C(F)(F)F)C(F)(F)F. The monoisotopic (exact) mass is 612 g/mol. The van der Waals surface area contributed by atoms with Gasteiger partial charge in [0.15, 0.2) is 0 Å². The highest BCUT2D eigenvalue weighted by Crippen LogP contribution is 2.57. The van der Waals surface area contributed by atoms with Crippen LogP contribution < -0.4 is 0 Å². The number of hydrogen-bond acceptors (Lipinski definition) is 6. The second kappa shape index (κ2) is 11.3. The van der Waals surface area contributed by atoms with Gasteiger partial charge in [-0.2, -0.15) is 52.3 Å². The van der Waals surface area contributed by atoms with Gasteiger partial charge in [0.25, 0.3) is 5.60 Å². The molecular weight excluding hydrogens is 586 g/mol. The number of esters is 1. The molecule has 2 aliphatic rings. The summed E-state index contributed by atoms with van der Waals surface area (Å²) >= 11 is 0. The van der Waals surface area contributed by atoms with E-state index in [2.05, 4.69) is 11.3 Å². The Kier molecular flexibility index (Phi) is 9.73. The van der Waals surface area contributed by atoms with Crippen LogP contribution in [0.1, 0.15) is 44.9 Å². The summed E-state index contributed by atoms with van der Waals surface area (Å²) in [6, 6.07) is 0. The van der Waals surface area contributed by atoms with Crippen molar-refractivity contribution in [3.05, 3.63) is 12.2 Å². The maximum atomic E-state index is 13.5. The van der Waals surface area contributed by atoms with Crippen LogP contribution in [0.3, 0.4) is 0 Å². The number of halogens is 10. The number of ether oxygens (including phenoxy) is 2. The molecule has 2 saturated carbocycles. The van der Waals surface area contributed by atoms with E-state index in [1.165, 1.54) is 0 Å². The molecular formula is C21H26F10O7S. The minimum absolute atomic E-state index is 0.0706. The molecule has 0 saturated heterocycles. The Morgan fingerprint density at radius 3 is 1.90 bits per heavy atom. The molecule has 4 unspecified atom stereocenters. The molecule has 39 heavy (non-hydrogen) atoms. The third-order valence-corrected chi connectivity index (χ3v) is 8.10. The van der Waals surface area contributed by atoms with Crippen molar-refractivity contribution in [2.45, 2.75) is 80.2 Å². The molecule has 0 aliphatic heterocycles. The maximum absolute atomic E-state index is 13.5. The van der Waals surface area contributed by atoms with Gasteiger partial charge in [-0.05, 0) is 43.9 Å². The Bertz CT molecular complexity index is 996. The standard InChI is InChI=1S/C21H26F10O7S/c1-11(10-37-9-8-17(22,23)21(30,31)39(34,35)36)16(32)38-15-7-3-4-12-13(15)5-2-6-14(12)18(33,19(24,25)26)20(27,28)29/h12-15,33H,1-10H2,(H,34,35,36). The Hall–Kier alpha value is -1.66. The number of aliphatic hydroxyl groups is 1. The Balaban J connectivity index is 2.03. The summed E-state index contributed by atoms with van der Waals surface area (Å²) in [5.41, 5.74) is -5.53. The summed E-state index contributed by atoms with van der Waals surface area (Å²) in [6.45, 7) is 1.15. The van der Waals surface area contributed by atoms with Gasteiger partial charge in [0.05, 0.1) is 18.8 Å². The second-order valence-electron chi connectivity index (χ2n) is 9.60. The number of fused-ring (bicyclic) bond motifs is 1. The summed E-state index contributed by atoms with van der Waals surface area (Å²) in [7, 11) is -6.45. The van der Waals surface area contributed by atoms with Gasteiger partial charge in [-0.25, -0.2) is 4.79 Å². The molecule has 7 nitrogen and oxygen atoms in total. The van der Waals surface area contributed by atoms with Crippen molar-refractivity contribution in [2.75, 3.05) is 13.2 Å². The van der Waals surface area contributed by atoms with E-state index in [0.717, 1.165) is 0 Å². The molecule has 0 spiro atoms. The van der Waals surface area contributed by atoms with Crippen LogP contribution in [0.4, 0.5) is 43.9 Å². The second-order valence-corrected chi connectivity index (χ2v) is 11.1. The van der Waals surface area contributed by atoms with Crippen LogP contribution in [0, 0.1) is 17.8 Å². The molecule has 0 amide bonds. The zero-order valence-electron chi connectivity index (χ0n) is 20.0. The first-order valence-corrected chi connectivity index (χ1v) is 13.0. The summed E-state index contributed by atoms with van der Waals surface area (Å²) in [5.74, 6) is -11.0. The molecule has 0 heterocycles. The fourth-order valence-electron chi connectivity index (χ4n) is 5.20. The molecule has 2 fully saturated rings. The lowest BCUT2D eigenvalue weighted by Gasteiger charge is -2.50. The van der Waals surface area contributed by atoms with E-state index in [1.54, 1.807) is 0 Å². The first kappa shape index (κ1) is 33.5. The van der Waals surface area contributed by atoms with Crippen LogP contribution >= 0.6 is 0 Å². The number of alkyl halides is 10. The molecule has 4 atom stereocenters. The van der Waals surface area contributed by atoms with Crippen molar-refractivity contribution in [1.29, 1.82) is 0 Å². The van der Waals surface area contributed by atoms with E-state index in [1.807, 2.05) is 0 Å². The Morgan fingerprint density at radius 2 is 1.38 bits per heavy atom. The van der Waals surface area contributed by atoms with E-state index in [4.69, 9.17) is 9.29 Å². The molecule has 0 aromatic rings. The van der Waals surface area contributed by atoms with E-state index in [-0.39, 0.29) is 32.1 Å². The smallest absolute Gasteiger partial charge is 0.431 e. The van der Waals surface area contributed by atoms with Crippen molar-refractivity contribution in [2.24, 2.45) is 17.8 Å². The van der Waals surface area contributed by atoms with Gasteiger partial charge < -0.3 is 14.6 Å². The fourth-order valence-corrected chi connectivity index (χ4v) is 5.68. The molecule has 228 valence electrons. The summed E-state index contributed by atoms with van der Waals surface area (Å²) in [6.07, 6.45) is -15.6. The predicted octanol–water partition coefficient (Wildman–Crippen LogP) is 5.05. The van der Waals surface area contributed by atoms with Gasteiger partial charge >= 0.3 is 39.6 Å². The number of rotatable bonds is 10. The molecule has 0 bridgehead atoms. The lowest BCUT2D eigenvalue weighted by Crippen LogP contribution is -2.65. The highest BCUT2D eigenvalue weighted by molar-refractivity contribution is 7.87. The first-order valence-electron chi connectivity index (χ1n) is 11.5. The highest BCUT2D eigenvalue weighted by Gasteiger charge is 2.75. The number of carbonyl (C=O) groups is 1. The largest absolute Gasteiger partial charge is 0.459 e. The van der Waals surface area contributed by atoms with Gasteiger partial charge in [-0.15, -0.1) is 0 Å². The van der Waals surface area contributed by atoms with E-state index in [9.17, 15) is 62.2 Å². The van der Waals surface area contributed by atoms with Crippen molar-refractivity contribution in [1.82, 2.24) is 0 Å². The molecule has 2 aliphatic carbocycles. The van der Waals surface area contributed by atoms with Crippen LogP contribution in [-0.2, 0) is 24.4 Å². The average Bonchev–Trinajstić information content (AvgIpc) is 2.78. The lowest BCUT2D eigenvalue weighted by atomic mass is 9.59. The van der Waals surface area contributed by atoms with Gasteiger partial charge in [0.1, 0.15) is 6.10 Å². The van der Waals surface area contributed by atoms with E-state index in [0.29, 0.717) is 0 Å². The van der Waals surface area contributed by atoms with Gasteiger partial charge in [-0.1, -0.05) is 13.0 Å². The van der Waals surface area contributed by atoms with E-state index < -0.39 is 101 Å². The maximum Gasteiger partial charge on any atom is 0.431 e. The van der Waals surface area contributed by atoms with Crippen molar-refractivity contribution < 1.29 is 76.2 Å². The Morgan fingerprint density at radius 1 is 0.872 bits per heavy atom. The minimum Gasteiger partial charge on any atom is -0.459 e. The van der Waals surface area contributed by atoms with Gasteiger partial charge in [-0.3, -0.25) is 4.55 Å². The third-order valence-electron chi connectivity index (χ3n) is 7.16. The van der Waals surface area contributed by atoms with Gasteiger partial charge in [0.2, 0.25) is 0 Å². The first-order chi connectivity index (χ1) is 17.5. The molecule has 0 aromatic carbocycles. The van der Waals surface area contributed by atoms with Crippen LogP contribution in [0.25, 0.3) is 0 Å². The summed E-state index contributed by atoms with van der Waals surface area (Å²) < 4.78 is 173. The number of carbonyl (C=O) groups excluding carboxylic acids is 1. The van der Waals surface area contributed by atoms with E-state index >= 15 is 0 Å².